The van der Waals surface area contributed by atoms with Crippen LogP contribution in [-0.2, 0) is 17.8 Å². The summed E-state index contributed by atoms with van der Waals surface area (Å²) in [6.45, 7) is 9.45. The van der Waals surface area contributed by atoms with Crippen molar-refractivity contribution in [2.45, 2.75) is 64.3 Å². The highest BCUT2D eigenvalue weighted by atomic mass is 16.5. The molecule has 0 saturated carbocycles. The number of fused-ring (bicyclic) bond motifs is 1. The van der Waals surface area contributed by atoms with Crippen molar-refractivity contribution in [3.8, 4) is 17.6 Å². The van der Waals surface area contributed by atoms with Crippen LogP contribution in [0.3, 0.4) is 0 Å². The Bertz CT molecular complexity index is 1320. The maximum atomic E-state index is 11.2. The Morgan fingerprint density at radius 1 is 1.12 bits per heavy atom. The first-order chi connectivity index (χ1) is 19.6. The van der Waals surface area contributed by atoms with Crippen LogP contribution in [0.4, 0.5) is 0 Å². The van der Waals surface area contributed by atoms with Crippen LogP contribution in [0.5, 0.6) is 5.75 Å². The number of carboxylic acid groups (broad SMARTS) is 1. The van der Waals surface area contributed by atoms with Crippen LogP contribution < -0.4 is 4.74 Å². The Kier molecular flexibility index (Phi) is 11.0. The molecule has 40 heavy (non-hydrogen) atoms. The molecule has 4 nitrogen and oxygen atoms in total. The molecule has 1 aliphatic carbocycles. The number of benzene rings is 2. The minimum atomic E-state index is -0.849. The second-order valence-corrected chi connectivity index (χ2v) is 10.5. The van der Waals surface area contributed by atoms with Gasteiger partial charge >= 0.3 is 5.97 Å². The summed E-state index contributed by atoms with van der Waals surface area (Å²) >= 11 is 0. The lowest BCUT2D eigenvalue weighted by Crippen LogP contribution is -2.32. The van der Waals surface area contributed by atoms with Crippen LogP contribution in [0.25, 0.3) is 0 Å². The molecule has 208 valence electrons. The van der Waals surface area contributed by atoms with Crippen molar-refractivity contribution < 1.29 is 14.6 Å². The molecule has 0 spiro atoms. The molecule has 4 heteroatoms. The zero-order chi connectivity index (χ0) is 28.2. The van der Waals surface area contributed by atoms with Gasteiger partial charge in [0.2, 0.25) is 0 Å². The van der Waals surface area contributed by atoms with E-state index in [1.165, 1.54) is 40.7 Å². The van der Waals surface area contributed by atoms with Gasteiger partial charge in [-0.3, -0.25) is 9.69 Å². The predicted octanol–water partition coefficient (Wildman–Crippen LogP) is 7.63. The third-order valence-corrected chi connectivity index (χ3v) is 7.64. The molecule has 1 aliphatic heterocycles. The molecule has 0 amide bonds. The van der Waals surface area contributed by atoms with Gasteiger partial charge in [0.15, 0.2) is 0 Å². The molecular formula is C36H41NO3. The Morgan fingerprint density at radius 3 is 2.62 bits per heavy atom. The van der Waals surface area contributed by atoms with E-state index in [-0.39, 0.29) is 12.3 Å². The lowest BCUT2D eigenvalue weighted by Gasteiger charge is -2.30. The van der Waals surface area contributed by atoms with E-state index in [1.807, 2.05) is 30.3 Å². The largest absolute Gasteiger partial charge is 0.493 e. The van der Waals surface area contributed by atoms with Gasteiger partial charge in [-0.2, -0.15) is 0 Å². The van der Waals surface area contributed by atoms with Gasteiger partial charge in [0.1, 0.15) is 5.75 Å². The molecular weight excluding hydrogens is 494 g/mol. The van der Waals surface area contributed by atoms with Crippen LogP contribution >= 0.6 is 0 Å². The van der Waals surface area contributed by atoms with Crippen molar-refractivity contribution in [1.29, 1.82) is 0 Å². The summed E-state index contributed by atoms with van der Waals surface area (Å²) in [5.74, 6) is 5.45. The number of ether oxygens (including phenoxy) is 1. The van der Waals surface area contributed by atoms with E-state index in [9.17, 15) is 9.90 Å². The summed E-state index contributed by atoms with van der Waals surface area (Å²) in [5, 5.41) is 9.17. The first-order valence-corrected chi connectivity index (χ1v) is 14.4. The molecule has 4 rings (SSSR count). The maximum absolute atomic E-state index is 11.2. The Labute approximate surface area is 239 Å². The average molecular weight is 536 g/mol. The molecule has 1 atom stereocenters. The van der Waals surface area contributed by atoms with Crippen LogP contribution in [0, 0.1) is 11.8 Å². The molecule has 0 saturated heterocycles. The summed E-state index contributed by atoms with van der Waals surface area (Å²) in [4.78, 5) is 13.7. The van der Waals surface area contributed by atoms with Gasteiger partial charge in [-0.1, -0.05) is 73.2 Å². The van der Waals surface area contributed by atoms with E-state index in [4.69, 9.17) is 4.74 Å². The topological polar surface area (TPSA) is 49.8 Å². The molecule has 0 bridgehead atoms. The van der Waals surface area contributed by atoms with Crippen molar-refractivity contribution in [3.63, 3.8) is 0 Å². The molecule has 2 aliphatic rings. The van der Waals surface area contributed by atoms with Crippen molar-refractivity contribution >= 4 is 5.97 Å². The molecule has 1 unspecified atom stereocenters. The SMILES string of the molecule is C=C/C(C1=CCCCC1)=C(\C=C/CCOc1ccc(C(C#CC)CC(=O)O)cc1)CN1CCc2ccccc2C1. The third-order valence-electron chi connectivity index (χ3n) is 7.64. The first-order valence-electron chi connectivity index (χ1n) is 14.4. The number of rotatable bonds is 12. The van der Waals surface area contributed by atoms with E-state index >= 15 is 0 Å². The van der Waals surface area contributed by atoms with Gasteiger partial charge in [-0.25, -0.2) is 0 Å². The summed E-state index contributed by atoms with van der Waals surface area (Å²) in [6, 6.07) is 16.4. The highest BCUT2D eigenvalue weighted by Gasteiger charge is 2.18. The minimum absolute atomic E-state index is 0.00473. The Hall–Kier alpha value is -3.81. The molecule has 0 fully saturated rings. The van der Waals surface area contributed by atoms with Crippen LogP contribution in [0.1, 0.15) is 68.1 Å². The smallest absolute Gasteiger partial charge is 0.304 e. The van der Waals surface area contributed by atoms with Gasteiger partial charge < -0.3 is 9.84 Å². The second kappa shape index (κ2) is 15.1. The number of hydrogen-bond donors (Lipinski definition) is 1. The minimum Gasteiger partial charge on any atom is -0.493 e. The highest BCUT2D eigenvalue weighted by Crippen LogP contribution is 2.29. The van der Waals surface area contributed by atoms with Crippen molar-refractivity contribution in [1.82, 2.24) is 4.90 Å². The lowest BCUT2D eigenvalue weighted by atomic mass is 9.89. The van der Waals surface area contributed by atoms with Crippen molar-refractivity contribution in [2.24, 2.45) is 0 Å². The summed E-state index contributed by atoms with van der Waals surface area (Å²) < 4.78 is 5.99. The van der Waals surface area contributed by atoms with Crippen LogP contribution in [0.2, 0.25) is 0 Å². The predicted molar refractivity (Wildman–Crippen MR) is 163 cm³/mol. The van der Waals surface area contributed by atoms with Gasteiger partial charge in [-0.15, -0.1) is 5.92 Å². The second-order valence-electron chi connectivity index (χ2n) is 10.5. The normalized spacial score (nSPS) is 16.7. The van der Waals surface area contributed by atoms with Gasteiger partial charge in [-0.05, 0) is 91.0 Å². The summed E-state index contributed by atoms with van der Waals surface area (Å²) in [5.41, 5.74) is 7.85. The third kappa shape index (κ3) is 8.34. The number of hydrogen-bond acceptors (Lipinski definition) is 3. The quantitative estimate of drug-likeness (QED) is 0.172. The number of aliphatic carboxylic acids is 1. The molecule has 0 radical (unpaired) electrons. The van der Waals surface area contributed by atoms with Crippen molar-refractivity contribution in [3.05, 3.63) is 113 Å². The van der Waals surface area contributed by atoms with E-state index in [0.717, 1.165) is 56.6 Å². The van der Waals surface area contributed by atoms with E-state index in [2.05, 4.69) is 65.8 Å². The maximum Gasteiger partial charge on any atom is 0.304 e. The number of allylic oxidation sites excluding steroid dienone is 4. The zero-order valence-corrected chi connectivity index (χ0v) is 23.7. The van der Waals surface area contributed by atoms with Crippen LogP contribution in [0.15, 0.2) is 96.1 Å². The van der Waals surface area contributed by atoms with E-state index in [1.54, 1.807) is 6.92 Å². The molecule has 1 heterocycles. The van der Waals surface area contributed by atoms with Gasteiger partial charge in [0.05, 0.1) is 18.9 Å². The number of carbonyl (C=O) groups is 1. The van der Waals surface area contributed by atoms with E-state index in [0.29, 0.717) is 6.61 Å². The monoisotopic (exact) mass is 535 g/mol. The fourth-order valence-corrected chi connectivity index (χ4v) is 5.58. The zero-order valence-electron chi connectivity index (χ0n) is 23.7. The molecule has 2 aromatic carbocycles. The summed E-state index contributed by atoms with van der Waals surface area (Å²) in [6.07, 6.45) is 15.6. The Balaban J connectivity index is 1.40. The van der Waals surface area contributed by atoms with E-state index < -0.39 is 5.97 Å². The lowest BCUT2D eigenvalue weighted by molar-refractivity contribution is -0.137. The fourth-order valence-electron chi connectivity index (χ4n) is 5.58. The van der Waals surface area contributed by atoms with Gasteiger partial charge in [0.25, 0.3) is 0 Å². The molecule has 0 aromatic heterocycles. The standard InChI is InChI=1S/C36H41NO3/c1-3-12-31(25-36(38)39)29-18-20-34(21-19-29)40-24-11-10-17-33(35(4-2)30-14-6-5-7-15-30)27-37-23-22-28-13-8-9-16-32(28)26-37/h4,8-10,13-14,16-21,31H,2,5-7,11,15,22-27H2,1H3,(H,38,39)/b17-10-,35-33-. The average Bonchev–Trinajstić information content (AvgIpc) is 2.97. The van der Waals surface area contributed by atoms with Gasteiger partial charge in [0, 0.05) is 19.6 Å². The van der Waals surface area contributed by atoms with Crippen LogP contribution in [-0.4, -0.2) is 35.7 Å². The Morgan fingerprint density at radius 2 is 1.93 bits per heavy atom. The summed E-state index contributed by atoms with van der Waals surface area (Å²) in [7, 11) is 0. The van der Waals surface area contributed by atoms with Crippen molar-refractivity contribution in [2.75, 3.05) is 19.7 Å². The first kappa shape index (κ1) is 29.2. The molecule has 2 aromatic rings. The number of carboxylic acids is 1. The fraction of sp³-hybridized carbons (Fsp3) is 0.361. The highest BCUT2D eigenvalue weighted by molar-refractivity contribution is 5.69. The number of nitrogens with zero attached hydrogens (tertiary/aromatic N) is 1. The molecule has 1 N–H and O–H groups in total.